The molecule has 98 valence electrons. The molecule has 1 fully saturated rings. The van der Waals surface area contributed by atoms with E-state index in [0.29, 0.717) is 6.04 Å². The number of ether oxygens (including phenoxy) is 1. The van der Waals surface area contributed by atoms with Crippen molar-refractivity contribution < 1.29 is 9.53 Å². The third kappa shape index (κ3) is 3.84. The smallest absolute Gasteiger partial charge is 0.302 e. The van der Waals surface area contributed by atoms with Crippen LogP contribution in [0.4, 0.5) is 0 Å². The maximum atomic E-state index is 11.1. The molecule has 2 atom stereocenters. The van der Waals surface area contributed by atoms with E-state index in [1.54, 1.807) is 0 Å². The van der Waals surface area contributed by atoms with Gasteiger partial charge in [0.1, 0.15) is 6.10 Å². The highest BCUT2D eigenvalue weighted by Crippen LogP contribution is 2.21. The van der Waals surface area contributed by atoms with E-state index >= 15 is 0 Å². The summed E-state index contributed by atoms with van der Waals surface area (Å²) in [7, 11) is 0. The first-order valence-electron chi connectivity index (χ1n) is 6.70. The lowest BCUT2D eigenvalue weighted by Crippen LogP contribution is -2.43. The van der Waals surface area contributed by atoms with Crippen LogP contribution in [0.15, 0.2) is 30.3 Å². The van der Waals surface area contributed by atoms with Crippen LogP contribution in [0, 0.1) is 0 Å². The third-order valence-corrected chi connectivity index (χ3v) is 3.43. The Bertz CT molecular complexity index is 377. The summed E-state index contributed by atoms with van der Waals surface area (Å²) in [6, 6.07) is 10.6. The van der Waals surface area contributed by atoms with Crippen molar-refractivity contribution in [3.8, 4) is 0 Å². The van der Waals surface area contributed by atoms with E-state index < -0.39 is 0 Å². The first-order valence-corrected chi connectivity index (χ1v) is 6.70. The SMILES string of the molecule is CC(=O)O[C@@H]1CCCC[C@H]1NCc1ccccc1. The van der Waals surface area contributed by atoms with Crippen molar-refractivity contribution in [2.45, 2.75) is 51.3 Å². The average Bonchev–Trinajstić information content (AvgIpc) is 2.38. The summed E-state index contributed by atoms with van der Waals surface area (Å²) in [6.45, 7) is 2.33. The van der Waals surface area contributed by atoms with E-state index in [2.05, 4.69) is 17.4 Å². The van der Waals surface area contributed by atoms with Crippen molar-refractivity contribution >= 4 is 5.97 Å². The molecule has 0 spiro atoms. The first kappa shape index (κ1) is 13.1. The van der Waals surface area contributed by atoms with Crippen LogP contribution >= 0.6 is 0 Å². The van der Waals surface area contributed by atoms with Gasteiger partial charge in [-0.05, 0) is 24.8 Å². The van der Waals surface area contributed by atoms with Crippen LogP contribution in [0.25, 0.3) is 0 Å². The van der Waals surface area contributed by atoms with E-state index in [9.17, 15) is 4.79 Å². The van der Waals surface area contributed by atoms with Gasteiger partial charge in [0.05, 0.1) is 0 Å². The molecule has 1 N–H and O–H groups in total. The van der Waals surface area contributed by atoms with Crippen molar-refractivity contribution in [3.05, 3.63) is 35.9 Å². The molecule has 0 amide bonds. The molecule has 1 aromatic carbocycles. The molecule has 3 nitrogen and oxygen atoms in total. The molecule has 0 aliphatic heterocycles. The summed E-state index contributed by atoms with van der Waals surface area (Å²) in [6.07, 6.45) is 4.47. The Hall–Kier alpha value is -1.35. The average molecular weight is 247 g/mol. The lowest BCUT2D eigenvalue weighted by Gasteiger charge is -2.31. The zero-order chi connectivity index (χ0) is 12.8. The van der Waals surface area contributed by atoms with Crippen LogP contribution in [0.1, 0.15) is 38.2 Å². The molecule has 1 aliphatic carbocycles. The molecule has 0 aromatic heterocycles. The number of hydrogen-bond donors (Lipinski definition) is 1. The molecule has 1 saturated carbocycles. The largest absolute Gasteiger partial charge is 0.461 e. The summed E-state index contributed by atoms with van der Waals surface area (Å²) >= 11 is 0. The fraction of sp³-hybridized carbons (Fsp3) is 0.533. The second kappa shape index (κ2) is 6.55. The molecule has 1 aromatic rings. The van der Waals surface area contributed by atoms with E-state index in [1.807, 2.05) is 18.2 Å². The van der Waals surface area contributed by atoms with Crippen molar-refractivity contribution in [1.29, 1.82) is 0 Å². The zero-order valence-corrected chi connectivity index (χ0v) is 10.9. The molecule has 1 aliphatic rings. The van der Waals surface area contributed by atoms with Crippen LogP contribution in [-0.2, 0) is 16.1 Å². The van der Waals surface area contributed by atoms with Crippen molar-refractivity contribution in [1.82, 2.24) is 5.32 Å². The van der Waals surface area contributed by atoms with Crippen LogP contribution in [0.5, 0.6) is 0 Å². The number of nitrogens with one attached hydrogen (secondary N) is 1. The molecule has 0 heterocycles. The number of rotatable bonds is 4. The Morgan fingerprint density at radius 1 is 1.28 bits per heavy atom. The maximum absolute atomic E-state index is 11.1. The highest BCUT2D eigenvalue weighted by molar-refractivity contribution is 5.66. The van der Waals surface area contributed by atoms with Gasteiger partial charge in [0.15, 0.2) is 0 Å². The Balaban J connectivity index is 1.87. The van der Waals surface area contributed by atoms with Crippen LogP contribution < -0.4 is 5.32 Å². The highest BCUT2D eigenvalue weighted by atomic mass is 16.5. The molecule has 0 unspecified atom stereocenters. The number of benzene rings is 1. The molecule has 0 bridgehead atoms. The Kier molecular flexibility index (Phi) is 4.76. The molecule has 0 radical (unpaired) electrons. The van der Waals surface area contributed by atoms with Gasteiger partial charge in [0.2, 0.25) is 0 Å². The van der Waals surface area contributed by atoms with E-state index in [-0.39, 0.29) is 12.1 Å². The predicted octanol–water partition coefficient (Wildman–Crippen LogP) is 2.65. The van der Waals surface area contributed by atoms with Gasteiger partial charge in [-0.1, -0.05) is 36.8 Å². The van der Waals surface area contributed by atoms with E-state index in [4.69, 9.17) is 4.74 Å². The zero-order valence-electron chi connectivity index (χ0n) is 10.9. The second-order valence-electron chi connectivity index (χ2n) is 4.91. The minimum atomic E-state index is -0.173. The Morgan fingerprint density at radius 2 is 2.00 bits per heavy atom. The lowest BCUT2D eigenvalue weighted by atomic mass is 9.92. The maximum Gasteiger partial charge on any atom is 0.302 e. The number of carbonyl (C=O) groups is 1. The molecular formula is C15H21NO2. The summed E-state index contributed by atoms with van der Waals surface area (Å²) in [5.74, 6) is -0.173. The van der Waals surface area contributed by atoms with Gasteiger partial charge in [-0.2, -0.15) is 0 Å². The van der Waals surface area contributed by atoms with Gasteiger partial charge >= 0.3 is 5.97 Å². The van der Waals surface area contributed by atoms with Crippen LogP contribution in [-0.4, -0.2) is 18.1 Å². The standard InChI is InChI=1S/C15H21NO2/c1-12(17)18-15-10-6-5-9-14(15)16-11-13-7-3-2-4-8-13/h2-4,7-8,14-16H,5-6,9-11H2,1H3/t14-,15-/m1/s1. The van der Waals surface area contributed by atoms with Crippen LogP contribution in [0.3, 0.4) is 0 Å². The quantitative estimate of drug-likeness (QED) is 0.831. The summed E-state index contributed by atoms with van der Waals surface area (Å²) in [5, 5.41) is 3.52. The summed E-state index contributed by atoms with van der Waals surface area (Å²) < 4.78 is 5.39. The van der Waals surface area contributed by atoms with Crippen molar-refractivity contribution in [2.75, 3.05) is 0 Å². The fourth-order valence-corrected chi connectivity index (χ4v) is 2.53. The summed E-state index contributed by atoms with van der Waals surface area (Å²) in [4.78, 5) is 11.1. The van der Waals surface area contributed by atoms with Gasteiger partial charge in [0, 0.05) is 19.5 Å². The van der Waals surface area contributed by atoms with Gasteiger partial charge in [0.25, 0.3) is 0 Å². The number of carbonyl (C=O) groups excluding carboxylic acids is 1. The normalized spacial score (nSPS) is 23.6. The predicted molar refractivity (Wildman–Crippen MR) is 71.1 cm³/mol. The molecule has 3 heteroatoms. The van der Waals surface area contributed by atoms with Crippen LogP contribution in [0.2, 0.25) is 0 Å². The molecule has 0 saturated heterocycles. The number of esters is 1. The number of hydrogen-bond acceptors (Lipinski definition) is 3. The van der Waals surface area contributed by atoms with Gasteiger partial charge in [-0.15, -0.1) is 0 Å². The van der Waals surface area contributed by atoms with Gasteiger partial charge < -0.3 is 10.1 Å². The first-order chi connectivity index (χ1) is 8.75. The van der Waals surface area contributed by atoms with Gasteiger partial charge in [-0.3, -0.25) is 4.79 Å². The Labute approximate surface area is 109 Å². The molecule has 2 rings (SSSR count). The topological polar surface area (TPSA) is 38.3 Å². The van der Waals surface area contributed by atoms with E-state index in [0.717, 1.165) is 25.8 Å². The summed E-state index contributed by atoms with van der Waals surface area (Å²) in [5.41, 5.74) is 1.27. The van der Waals surface area contributed by atoms with E-state index in [1.165, 1.54) is 18.9 Å². The van der Waals surface area contributed by atoms with Crippen molar-refractivity contribution in [3.63, 3.8) is 0 Å². The highest BCUT2D eigenvalue weighted by Gasteiger charge is 2.26. The third-order valence-electron chi connectivity index (χ3n) is 3.43. The molecule has 18 heavy (non-hydrogen) atoms. The monoisotopic (exact) mass is 247 g/mol. The fourth-order valence-electron chi connectivity index (χ4n) is 2.53. The Morgan fingerprint density at radius 3 is 2.72 bits per heavy atom. The molecular weight excluding hydrogens is 226 g/mol. The van der Waals surface area contributed by atoms with Gasteiger partial charge in [-0.25, -0.2) is 0 Å². The lowest BCUT2D eigenvalue weighted by molar-refractivity contribution is -0.149. The minimum Gasteiger partial charge on any atom is -0.461 e. The van der Waals surface area contributed by atoms with Crippen molar-refractivity contribution in [2.24, 2.45) is 0 Å². The second-order valence-corrected chi connectivity index (χ2v) is 4.91. The minimum absolute atomic E-state index is 0.0416.